The van der Waals surface area contributed by atoms with Crippen LogP contribution < -0.4 is 10.0 Å². The molecule has 0 fully saturated rings. The molecule has 0 atom stereocenters. The van der Waals surface area contributed by atoms with Crippen LogP contribution in [-0.2, 0) is 14.8 Å². The molecule has 0 saturated heterocycles. The average Bonchev–Trinajstić information content (AvgIpc) is 2.87. The number of rotatable bonds is 6. The van der Waals surface area contributed by atoms with Crippen LogP contribution in [0.25, 0.3) is 5.69 Å². The molecule has 2 rings (SSSR count). The molecule has 3 N–H and O–H groups in total. The number of benzene rings is 1. The summed E-state index contributed by atoms with van der Waals surface area (Å²) in [7, 11) is -3.56. The number of carbonyl (C=O) groups is 2. The first kappa shape index (κ1) is 19.6. The van der Waals surface area contributed by atoms with Gasteiger partial charge in [-0.15, -0.1) is 0 Å². The van der Waals surface area contributed by atoms with E-state index in [2.05, 4.69) is 15.1 Å². The van der Waals surface area contributed by atoms with Crippen molar-refractivity contribution in [3.05, 3.63) is 41.7 Å². The van der Waals surface area contributed by atoms with E-state index < -0.39 is 27.4 Å². The standard InChI is InChI=1S/C16H20N4O5S/c1-10-13(14(21)22)9-17-20(10)12-7-5-6-11(8-12)18-15(23)16(2,3)19-26(4,24)25/h5-9,19H,1-4H3,(H,18,23)(H,21,22). The van der Waals surface area contributed by atoms with Gasteiger partial charge in [0.05, 0.1) is 23.8 Å². The minimum atomic E-state index is -3.56. The Hall–Kier alpha value is -2.72. The minimum absolute atomic E-state index is 0.0814. The Morgan fingerprint density at radius 3 is 2.46 bits per heavy atom. The van der Waals surface area contributed by atoms with Crippen LogP contribution in [0.3, 0.4) is 0 Å². The third-order valence-electron chi connectivity index (χ3n) is 3.60. The van der Waals surface area contributed by atoms with E-state index in [1.807, 2.05) is 0 Å². The van der Waals surface area contributed by atoms with Gasteiger partial charge in [0.1, 0.15) is 11.1 Å². The SMILES string of the molecule is Cc1c(C(=O)O)cnn1-c1cccc(NC(=O)C(C)(C)NS(C)(=O)=O)c1. The highest BCUT2D eigenvalue weighted by Crippen LogP contribution is 2.19. The normalized spacial score (nSPS) is 12.0. The molecule has 0 spiro atoms. The van der Waals surface area contributed by atoms with E-state index in [1.165, 1.54) is 24.7 Å². The molecule has 1 amide bonds. The van der Waals surface area contributed by atoms with E-state index in [4.69, 9.17) is 5.11 Å². The predicted molar refractivity (Wildman–Crippen MR) is 95.9 cm³/mol. The number of amides is 1. The topological polar surface area (TPSA) is 130 Å². The zero-order valence-corrected chi connectivity index (χ0v) is 15.6. The van der Waals surface area contributed by atoms with Crippen molar-refractivity contribution in [2.45, 2.75) is 26.3 Å². The third-order valence-corrected chi connectivity index (χ3v) is 4.48. The second-order valence-electron chi connectivity index (χ2n) is 6.36. The summed E-state index contributed by atoms with van der Waals surface area (Å²) < 4.78 is 26.5. The molecule has 140 valence electrons. The molecule has 0 aliphatic rings. The first-order chi connectivity index (χ1) is 11.9. The fourth-order valence-electron chi connectivity index (χ4n) is 2.39. The number of carbonyl (C=O) groups excluding carboxylic acids is 1. The van der Waals surface area contributed by atoms with Crippen molar-refractivity contribution in [1.29, 1.82) is 0 Å². The molecule has 26 heavy (non-hydrogen) atoms. The van der Waals surface area contributed by atoms with Crippen molar-refractivity contribution in [2.24, 2.45) is 0 Å². The third kappa shape index (κ3) is 4.46. The maximum absolute atomic E-state index is 12.4. The smallest absolute Gasteiger partial charge is 0.339 e. The number of aromatic nitrogens is 2. The van der Waals surface area contributed by atoms with Gasteiger partial charge in [0.25, 0.3) is 0 Å². The summed E-state index contributed by atoms with van der Waals surface area (Å²) in [6.45, 7) is 4.52. The summed E-state index contributed by atoms with van der Waals surface area (Å²) in [6.07, 6.45) is 2.23. The highest BCUT2D eigenvalue weighted by molar-refractivity contribution is 7.88. The van der Waals surface area contributed by atoms with Crippen LogP contribution in [0.1, 0.15) is 29.9 Å². The van der Waals surface area contributed by atoms with Crippen molar-refractivity contribution < 1.29 is 23.1 Å². The number of nitrogens with one attached hydrogen (secondary N) is 2. The van der Waals surface area contributed by atoms with Crippen LogP contribution in [0, 0.1) is 6.92 Å². The van der Waals surface area contributed by atoms with E-state index >= 15 is 0 Å². The Morgan fingerprint density at radius 1 is 1.27 bits per heavy atom. The number of sulfonamides is 1. The first-order valence-electron chi connectivity index (χ1n) is 7.59. The number of carboxylic acids is 1. The fraction of sp³-hybridized carbons (Fsp3) is 0.312. The zero-order valence-electron chi connectivity index (χ0n) is 14.8. The molecule has 9 nitrogen and oxygen atoms in total. The van der Waals surface area contributed by atoms with Gasteiger partial charge in [0.15, 0.2) is 0 Å². The van der Waals surface area contributed by atoms with Gasteiger partial charge in [-0.1, -0.05) is 6.07 Å². The molecule has 1 aromatic carbocycles. The number of anilines is 1. The Labute approximate surface area is 151 Å². The molecule has 0 bridgehead atoms. The van der Waals surface area contributed by atoms with Gasteiger partial charge in [0.2, 0.25) is 15.9 Å². The zero-order chi connectivity index (χ0) is 19.7. The molecule has 10 heteroatoms. The van der Waals surface area contributed by atoms with Crippen LogP contribution in [0.4, 0.5) is 5.69 Å². The molecule has 2 aromatic rings. The quantitative estimate of drug-likeness (QED) is 0.689. The van der Waals surface area contributed by atoms with Crippen LogP contribution in [-0.4, -0.2) is 47.0 Å². The average molecular weight is 380 g/mol. The summed E-state index contributed by atoms with van der Waals surface area (Å²) in [4.78, 5) is 23.5. The van der Waals surface area contributed by atoms with Crippen LogP contribution in [0.15, 0.2) is 30.5 Å². The highest BCUT2D eigenvalue weighted by Gasteiger charge is 2.30. The Balaban J connectivity index is 2.27. The number of nitrogens with zero attached hydrogens (tertiary/aromatic N) is 2. The lowest BCUT2D eigenvalue weighted by Crippen LogP contribution is -2.51. The first-order valence-corrected chi connectivity index (χ1v) is 9.48. The molecule has 1 aromatic heterocycles. The fourth-order valence-corrected chi connectivity index (χ4v) is 3.41. The predicted octanol–water partition coefficient (Wildman–Crippen LogP) is 1.15. The lowest BCUT2D eigenvalue weighted by atomic mass is 10.1. The minimum Gasteiger partial charge on any atom is -0.478 e. The van der Waals surface area contributed by atoms with Gasteiger partial charge in [-0.05, 0) is 39.0 Å². The summed E-state index contributed by atoms with van der Waals surface area (Å²) >= 11 is 0. The largest absolute Gasteiger partial charge is 0.478 e. The van der Waals surface area contributed by atoms with Crippen LogP contribution >= 0.6 is 0 Å². The summed E-state index contributed by atoms with van der Waals surface area (Å²) in [5.74, 6) is -1.62. The Bertz CT molecular complexity index is 963. The molecule has 0 unspecified atom stereocenters. The van der Waals surface area contributed by atoms with Crippen LogP contribution in [0.2, 0.25) is 0 Å². The van der Waals surface area contributed by atoms with Gasteiger partial charge in [0, 0.05) is 5.69 Å². The summed E-state index contributed by atoms with van der Waals surface area (Å²) in [5, 5.41) is 15.8. The lowest BCUT2D eigenvalue weighted by molar-refractivity contribution is -0.120. The monoisotopic (exact) mass is 380 g/mol. The van der Waals surface area contributed by atoms with Gasteiger partial charge >= 0.3 is 5.97 Å². The highest BCUT2D eigenvalue weighted by atomic mass is 32.2. The number of carboxylic acid groups (broad SMARTS) is 1. The molecular weight excluding hydrogens is 360 g/mol. The van der Waals surface area contributed by atoms with E-state index in [-0.39, 0.29) is 5.56 Å². The molecule has 0 aliphatic heterocycles. The molecule has 1 heterocycles. The van der Waals surface area contributed by atoms with Gasteiger partial charge in [-0.25, -0.2) is 22.6 Å². The number of aromatic carboxylic acids is 1. The van der Waals surface area contributed by atoms with E-state index in [9.17, 15) is 18.0 Å². The Kier molecular flexibility index (Phi) is 5.19. The van der Waals surface area contributed by atoms with Crippen molar-refractivity contribution >= 4 is 27.6 Å². The summed E-state index contributed by atoms with van der Waals surface area (Å²) in [5.41, 5.74) is 0.157. The lowest BCUT2D eigenvalue weighted by Gasteiger charge is -2.24. The molecule has 0 aliphatic carbocycles. The second-order valence-corrected chi connectivity index (χ2v) is 8.11. The molecular formula is C16H20N4O5S. The maximum atomic E-state index is 12.4. The Morgan fingerprint density at radius 2 is 1.92 bits per heavy atom. The van der Waals surface area contributed by atoms with Crippen molar-refractivity contribution in [3.8, 4) is 5.69 Å². The van der Waals surface area contributed by atoms with Crippen molar-refractivity contribution in [2.75, 3.05) is 11.6 Å². The van der Waals surface area contributed by atoms with Crippen molar-refractivity contribution in [3.63, 3.8) is 0 Å². The second kappa shape index (κ2) is 6.89. The molecule has 0 saturated carbocycles. The molecule has 0 radical (unpaired) electrons. The van der Waals surface area contributed by atoms with Crippen molar-refractivity contribution in [1.82, 2.24) is 14.5 Å². The van der Waals surface area contributed by atoms with Gasteiger partial charge in [-0.3, -0.25) is 4.79 Å². The van der Waals surface area contributed by atoms with E-state index in [0.29, 0.717) is 17.1 Å². The summed E-state index contributed by atoms with van der Waals surface area (Å²) in [6, 6.07) is 6.62. The van der Waals surface area contributed by atoms with Gasteiger partial charge in [-0.2, -0.15) is 5.10 Å². The number of hydrogen-bond donors (Lipinski definition) is 3. The number of hydrogen-bond acceptors (Lipinski definition) is 5. The van der Waals surface area contributed by atoms with Gasteiger partial charge < -0.3 is 10.4 Å². The van der Waals surface area contributed by atoms with E-state index in [1.54, 1.807) is 31.2 Å². The van der Waals surface area contributed by atoms with Crippen LogP contribution in [0.5, 0.6) is 0 Å². The van der Waals surface area contributed by atoms with E-state index in [0.717, 1.165) is 6.26 Å². The maximum Gasteiger partial charge on any atom is 0.339 e.